The lowest BCUT2D eigenvalue weighted by molar-refractivity contribution is 0.183. The highest BCUT2D eigenvalue weighted by Gasteiger charge is 2.09. The first kappa shape index (κ1) is 23.9. The van der Waals surface area contributed by atoms with Crippen molar-refractivity contribution in [2.75, 3.05) is 0 Å². The minimum atomic E-state index is -2.62. The Labute approximate surface area is 107 Å². The summed E-state index contributed by atoms with van der Waals surface area (Å²) in [5.41, 5.74) is 0. The van der Waals surface area contributed by atoms with Crippen LogP contribution in [0, 0.1) is 0 Å². The van der Waals surface area contributed by atoms with Gasteiger partial charge in [0.05, 0.1) is 6.10 Å². The predicted molar refractivity (Wildman–Crippen MR) is 65.2 cm³/mol. The lowest BCUT2D eigenvalue weighted by Crippen LogP contribution is -1.94. The zero-order valence-corrected chi connectivity index (χ0v) is 11.9. The maximum Gasteiger partial charge on any atom is 0.324 e. The first-order valence-corrected chi connectivity index (χ1v) is 7.97. The van der Waals surface area contributed by atoms with Gasteiger partial charge in [0.15, 0.2) is 0 Å². The van der Waals surface area contributed by atoms with E-state index in [9.17, 15) is 0 Å². The van der Waals surface area contributed by atoms with Crippen molar-refractivity contribution in [3.63, 3.8) is 0 Å². The highest BCUT2D eigenvalue weighted by molar-refractivity contribution is 7.38. The van der Waals surface area contributed by atoms with Crippen molar-refractivity contribution in [1.29, 1.82) is 0 Å². The largest absolute Gasteiger partial charge is 0.393 e. The number of rotatable bonds is 0. The van der Waals surface area contributed by atoms with Crippen LogP contribution in [0.25, 0.3) is 0 Å². The van der Waals surface area contributed by atoms with Crippen LogP contribution < -0.4 is 0 Å². The Morgan fingerprint density at radius 2 is 0.722 bits per heavy atom. The first-order chi connectivity index (χ1) is 8.09. The fourth-order valence-electron chi connectivity index (χ4n) is 0.904. The molecule has 0 aromatic rings. The molecule has 0 aromatic heterocycles. The van der Waals surface area contributed by atoms with Crippen molar-refractivity contribution >= 4 is 25.8 Å². The summed E-state index contributed by atoms with van der Waals surface area (Å²) in [4.78, 5) is 65.1. The molecule has 1 saturated carbocycles. The van der Waals surface area contributed by atoms with Gasteiger partial charge in [0.1, 0.15) is 0 Å². The number of hydrogen-bond acceptors (Lipinski definition) is 10. The quantitative estimate of drug-likeness (QED) is 0.232. The maximum absolute atomic E-state index is 8.73. The fraction of sp³-hybridized carbons (Fsp3) is 1.00. The van der Waals surface area contributed by atoms with Gasteiger partial charge in [-0.3, -0.25) is 0 Å². The first-order valence-electron chi connectivity index (χ1n) is 4.37. The molecule has 0 saturated heterocycles. The average Bonchev–Trinajstić information content (AvgIpc) is 2.51. The number of aliphatic hydroxyl groups excluding tert-OH is 1. The van der Waals surface area contributed by atoms with Gasteiger partial charge in [0, 0.05) is 0 Å². The van der Waals surface area contributed by atoms with Crippen LogP contribution in [-0.2, 0) is 0 Å². The second-order valence-electron chi connectivity index (χ2n) is 2.74. The Hall–Kier alpha value is 0.890. The topological polar surface area (TPSA) is 202 Å². The Bertz CT molecular complexity index is 119. The molecule has 114 valence electrons. The molecular formula is C5H19O10P3. The van der Waals surface area contributed by atoms with Crippen LogP contribution in [0.5, 0.6) is 0 Å². The molecule has 1 aliphatic rings. The van der Waals surface area contributed by atoms with Crippen molar-refractivity contribution in [2.24, 2.45) is 0 Å². The monoisotopic (exact) mass is 332 g/mol. The molecule has 10 nitrogen and oxygen atoms in total. The SMILES string of the molecule is OC1CCCC1.OP(O)O.OP(O)O.OP(O)O. The third-order valence-electron chi connectivity index (χ3n) is 1.32. The van der Waals surface area contributed by atoms with Crippen LogP contribution in [-0.4, -0.2) is 55.3 Å². The summed E-state index contributed by atoms with van der Waals surface area (Å²) in [6.07, 6.45) is 4.60. The van der Waals surface area contributed by atoms with E-state index in [-0.39, 0.29) is 6.10 Å². The van der Waals surface area contributed by atoms with E-state index >= 15 is 0 Å². The lowest BCUT2D eigenvalue weighted by Gasteiger charge is -1.91. The molecule has 18 heavy (non-hydrogen) atoms. The van der Waals surface area contributed by atoms with Crippen LogP contribution in [0.4, 0.5) is 0 Å². The van der Waals surface area contributed by atoms with E-state index in [0.717, 1.165) is 12.8 Å². The van der Waals surface area contributed by atoms with Crippen LogP contribution >= 0.6 is 25.8 Å². The van der Waals surface area contributed by atoms with E-state index in [1.807, 2.05) is 0 Å². The predicted octanol–water partition coefficient (Wildman–Crippen LogP) is -1.51. The Morgan fingerprint density at radius 1 is 0.556 bits per heavy atom. The van der Waals surface area contributed by atoms with E-state index in [2.05, 4.69) is 0 Å². The molecule has 0 heterocycles. The second kappa shape index (κ2) is 17.9. The Morgan fingerprint density at radius 3 is 0.778 bits per heavy atom. The van der Waals surface area contributed by atoms with Gasteiger partial charge in [-0.05, 0) is 12.8 Å². The van der Waals surface area contributed by atoms with Gasteiger partial charge in [-0.2, -0.15) is 0 Å². The molecule has 0 aromatic carbocycles. The molecular weight excluding hydrogens is 313 g/mol. The van der Waals surface area contributed by atoms with Crippen LogP contribution in [0.1, 0.15) is 25.7 Å². The van der Waals surface area contributed by atoms with Gasteiger partial charge < -0.3 is 49.1 Å². The summed E-state index contributed by atoms with van der Waals surface area (Å²) in [5, 5.41) is 8.73. The molecule has 0 spiro atoms. The summed E-state index contributed by atoms with van der Waals surface area (Å²) in [5.74, 6) is 0. The van der Waals surface area contributed by atoms with Crippen molar-refractivity contribution in [3.05, 3.63) is 0 Å². The van der Waals surface area contributed by atoms with Crippen LogP contribution in [0.15, 0.2) is 0 Å². The molecule has 0 amide bonds. The molecule has 1 aliphatic carbocycles. The summed E-state index contributed by atoms with van der Waals surface area (Å²) in [6.45, 7) is 0. The Balaban J connectivity index is -0.000000171. The van der Waals surface area contributed by atoms with E-state index in [4.69, 9.17) is 49.1 Å². The highest BCUT2D eigenvalue weighted by atomic mass is 31.2. The van der Waals surface area contributed by atoms with Gasteiger partial charge in [-0.15, -0.1) is 0 Å². The summed E-state index contributed by atoms with van der Waals surface area (Å²) >= 11 is 0. The van der Waals surface area contributed by atoms with E-state index in [0.29, 0.717) is 0 Å². The third kappa shape index (κ3) is 68.5. The summed E-state index contributed by atoms with van der Waals surface area (Å²) < 4.78 is 0. The van der Waals surface area contributed by atoms with E-state index in [1.165, 1.54) is 12.8 Å². The number of aliphatic hydroxyl groups is 1. The van der Waals surface area contributed by atoms with E-state index < -0.39 is 25.8 Å². The second-order valence-corrected chi connectivity index (χ2v) is 4.35. The number of hydrogen-bond donors (Lipinski definition) is 10. The molecule has 1 fully saturated rings. The third-order valence-corrected chi connectivity index (χ3v) is 1.32. The van der Waals surface area contributed by atoms with Gasteiger partial charge in [0.25, 0.3) is 0 Å². The van der Waals surface area contributed by atoms with E-state index in [1.54, 1.807) is 0 Å². The standard InChI is InChI=1S/C5H10O.3H3O3P/c6-5-3-1-2-4-5;3*1-4(2)3/h5-6H,1-4H2;3*1-3H. The average molecular weight is 332 g/mol. The van der Waals surface area contributed by atoms with Gasteiger partial charge in [-0.1, -0.05) is 12.8 Å². The highest BCUT2D eigenvalue weighted by Crippen LogP contribution is 2.16. The van der Waals surface area contributed by atoms with Crippen molar-refractivity contribution in [2.45, 2.75) is 31.8 Å². The van der Waals surface area contributed by atoms with Crippen LogP contribution in [0.2, 0.25) is 0 Å². The lowest BCUT2D eigenvalue weighted by atomic mass is 10.3. The minimum Gasteiger partial charge on any atom is -0.393 e. The fourth-order valence-corrected chi connectivity index (χ4v) is 0.904. The zero-order valence-electron chi connectivity index (χ0n) is 9.22. The van der Waals surface area contributed by atoms with Gasteiger partial charge >= 0.3 is 25.8 Å². The van der Waals surface area contributed by atoms with Crippen molar-refractivity contribution in [3.8, 4) is 0 Å². The summed E-state index contributed by atoms with van der Waals surface area (Å²) in [6, 6.07) is 0. The molecule has 0 atom stereocenters. The minimum absolute atomic E-state index is 0.0463. The molecule has 0 unspecified atom stereocenters. The molecule has 10 N–H and O–H groups in total. The van der Waals surface area contributed by atoms with Crippen molar-refractivity contribution in [1.82, 2.24) is 0 Å². The van der Waals surface area contributed by atoms with Crippen molar-refractivity contribution < 1.29 is 49.1 Å². The molecule has 0 aliphatic heterocycles. The van der Waals surface area contributed by atoms with Crippen LogP contribution in [0.3, 0.4) is 0 Å². The van der Waals surface area contributed by atoms with Gasteiger partial charge in [-0.25, -0.2) is 0 Å². The normalized spacial score (nSPS) is 14.5. The maximum atomic E-state index is 8.73. The summed E-state index contributed by atoms with van der Waals surface area (Å²) in [7, 11) is -7.86. The smallest absolute Gasteiger partial charge is 0.324 e. The molecule has 0 bridgehead atoms. The van der Waals surface area contributed by atoms with Gasteiger partial charge in [0.2, 0.25) is 0 Å². The molecule has 0 radical (unpaired) electrons. The molecule has 13 heteroatoms. The Kier molecular flexibility index (Phi) is 23.8. The zero-order chi connectivity index (χ0) is 15.1. The molecule has 1 rings (SSSR count).